The molecule has 2 aliphatic rings. The van der Waals surface area contributed by atoms with E-state index < -0.39 is 23.6 Å². The Bertz CT molecular complexity index is 716. The lowest BCUT2D eigenvalue weighted by molar-refractivity contribution is -0.214. The van der Waals surface area contributed by atoms with Crippen LogP contribution >= 0.6 is 15.9 Å². The topological polar surface area (TPSA) is 78.9 Å². The predicted octanol–water partition coefficient (Wildman–Crippen LogP) is 4.93. The van der Waals surface area contributed by atoms with E-state index >= 15 is 0 Å². The number of ether oxygens (including phenoxy) is 3. The number of carbonyl (C=O) groups excluding carboxylic acids is 3. The molecule has 0 aromatic heterocycles. The van der Waals surface area contributed by atoms with Crippen molar-refractivity contribution in [3.63, 3.8) is 0 Å². The van der Waals surface area contributed by atoms with Gasteiger partial charge in [0.25, 0.3) is 0 Å². The molecule has 0 aromatic rings. The van der Waals surface area contributed by atoms with Gasteiger partial charge >= 0.3 is 17.9 Å². The van der Waals surface area contributed by atoms with Crippen molar-refractivity contribution < 1.29 is 28.6 Å². The minimum absolute atomic E-state index is 0.141. The number of allylic oxidation sites excluding steroid dienone is 1. The largest absolute Gasteiger partial charge is 0.459 e. The van der Waals surface area contributed by atoms with Gasteiger partial charge in [0.1, 0.15) is 17.5 Å². The second-order valence-electron chi connectivity index (χ2n) is 9.59. The van der Waals surface area contributed by atoms with E-state index in [1.54, 1.807) is 6.92 Å². The molecule has 6 nitrogen and oxygen atoms in total. The lowest BCUT2D eigenvalue weighted by atomic mass is 9.51. The monoisotopic (exact) mass is 486 g/mol. The highest BCUT2D eigenvalue weighted by Gasteiger charge is 2.62. The first-order valence-corrected chi connectivity index (χ1v) is 11.6. The van der Waals surface area contributed by atoms with Crippen molar-refractivity contribution in [2.45, 2.75) is 90.7 Å². The van der Waals surface area contributed by atoms with Gasteiger partial charge < -0.3 is 14.2 Å². The fourth-order valence-corrected chi connectivity index (χ4v) is 6.36. The summed E-state index contributed by atoms with van der Waals surface area (Å²) in [6.45, 7) is 12.7. The summed E-state index contributed by atoms with van der Waals surface area (Å²) in [4.78, 5) is 36.1. The number of hydrogen-bond acceptors (Lipinski definition) is 6. The first-order chi connectivity index (χ1) is 13.8. The number of esters is 3. The maximum absolute atomic E-state index is 12.8. The highest BCUT2D eigenvalue weighted by Crippen LogP contribution is 2.60. The Labute approximate surface area is 188 Å². The van der Waals surface area contributed by atoms with Crippen LogP contribution in [0.1, 0.15) is 74.1 Å². The Morgan fingerprint density at radius 1 is 1.03 bits per heavy atom. The molecule has 0 saturated heterocycles. The molecule has 0 spiro atoms. The third kappa shape index (κ3) is 5.27. The second kappa shape index (κ2) is 9.41. The summed E-state index contributed by atoms with van der Waals surface area (Å²) in [5, 5.41) is 0. The van der Waals surface area contributed by atoms with Crippen LogP contribution < -0.4 is 0 Å². The first-order valence-electron chi connectivity index (χ1n) is 10.7. The average molecular weight is 487 g/mol. The van der Waals surface area contributed by atoms with Gasteiger partial charge in [-0.15, -0.1) is 0 Å². The molecular weight excluding hydrogens is 452 g/mol. The third-order valence-corrected chi connectivity index (χ3v) is 8.36. The molecule has 2 fully saturated rings. The summed E-state index contributed by atoms with van der Waals surface area (Å²) in [5.74, 6) is -0.883. The molecule has 0 heterocycles. The van der Waals surface area contributed by atoms with E-state index in [4.69, 9.17) is 14.2 Å². The molecule has 0 amide bonds. The molecular formula is C23H35BrO6. The van der Waals surface area contributed by atoms with Crippen LogP contribution in [0.3, 0.4) is 0 Å². The molecule has 0 unspecified atom stereocenters. The number of alkyl halides is 1. The predicted molar refractivity (Wildman–Crippen MR) is 117 cm³/mol. The molecule has 6 atom stereocenters. The smallest absolute Gasteiger partial charge is 0.334 e. The first kappa shape index (κ1) is 24.9. The fourth-order valence-electron chi connectivity index (χ4n) is 5.62. The molecule has 0 aliphatic heterocycles. The lowest BCUT2D eigenvalue weighted by Gasteiger charge is -2.60. The van der Waals surface area contributed by atoms with Crippen LogP contribution in [0.15, 0.2) is 11.8 Å². The van der Waals surface area contributed by atoms with Gasteiger partial charge in [-0.1, -0.05) is 36.7 Å². The number of fused-ring (bicyclic) bond motifs is 1. The number of halogens is 1. The van der Waals surface area contributed by atoms with Crippen molar-refractivity contribution in [2.75, 3.05) is 0 Å². The maximum Gasteiger partial charge on any atom is 0.334 e. The summed E-state index contributed by atoms with van der Waals surface area (Å²) in [5.41, 5.74) is -0.911. The van der Waals surface area contributed by atoms with Crippen molar-refractivity contribution in [3.8, 4) is 0 Å². The zero-order chi connectivity index (χ0) is 22.9. The van der Waals surface area contributed by atoms with Crippen molar-refractivity contribution in [2.24, 2.45) is 23.2 Å². The Kier molecular flexibility index (Phi) is 7.81. The van der Waals surface area contributed by atoms with Crippen LogP contribution in [0.5, 0.6) is 0 Å². The molecule has 0 bridgehead atoms. The van der Waals surface area contributed by atoms with Crippen LogP contribution in [-0.4, -0.2) is 34.4 Å². The number of hydrogen-bond donors (Lipinski definition) is 0. The van der Waals surface area contributed by atoms with Gasteiger partial charge in [-0.3, -0.25) is 9.59 Å². The summed E-state index contributed by atoms with van der Waals surface area (Å²) < 4.78 is 16.9. The molecule has 2 saturated carbocycles. The SMILES string of the molecule is CC(=O)O/C(C)=C/C(=O)O[C@H]1[C@@H](C(C)C)CC[C@@]2(C)[C@H](Br)CC[C@@](C)(OC(C)=O)[C@H]12. The molecule has 170 valence electrons. The highest BCUT2D eigenvalue weighted by molar-refractivity contribution is 9.09. The van der Waals surface area contributed by atoms with Gasteiger partial charge in [-0.05, 0) is 56.8 Å². The standard InChI is InChI=1S/C23H35BrO6/c1-13(2)17-8-10-22(6)18(24)9-11-23(7,30-16(5)26)21(22)20(17)29-19(27)12-14(3)28-15(4)25/h12-13,17-18,20-21H,8-11H2,1-7H3/b14-12+/t17-,18-,20+,21-,22+,23-/m1/s1. The lowest BCUT2D eigenvalue weighted by Crippen LogP contribution is -2.64. The Hall–Kier alpha value is -1.37. The van der Waals surface area contributed by atoms with E-state index in [1.165, 1.54) is 19.9 Å². The van der Waals surface area contributed by atoms with E-state index in [1.807, 2.05) is 6.92 Å². The van der Waals surface area contributed by atoms with Gasteiger partial charge in [0.15, 0.2) is 0 Å². The minimum Gasteiger partial charge on any atom is -0.459 e. The van der Waals surface area contributed by atoms with Crippen LogP contribution in [0.4, 0.5) is 0 Å². The fraction of sp³-hybridized carbons (Fsp3) is 0.783. The van der Waals surface area contributed by atoms with Gasteiger partial charge in [0.05, 0.1) is 6.08 Å². The van der Waals surface area contributed by atoms with E-state index in [0.29, 0.717) is 12.3 Å². The normalized spacial score (nSPS) is 36.6. The number of rotatable bonds is 5. The van der Waals surface area contributed by atoms with E-state index in [-0.39, 0.29) is 33.8 Å². The van der Waals surface area contributed by atoms with Crippen LogP contribution in [-0.2, 0) is 28.6 Å². The quantitative estimate of drug-likeness (QED) is 0.180. The van der Waals surface area contributed by atoms with Crippen molar-refractivity contribution in [1.29, 1.82) is 0 Å². The van der Waals surface area contributed by atoms with E-state index in [0.717, 1.165) is 19.3 Å². The summed E-state index contributed by atoms with van der Waals surface area (Å²) in [6, 6.07) is 0. The second-order valence-corrected chi connectivity index (χ2v) is 10.7. The summed E-state index contributed by atoms with van der Waals surface area (Å²) in [7, 11) is 0. The number of carbonyl (C=O) groups is 3. The van der Waals surface area contributed by atoms with Crippen LogP contribution in [0, 0.1) is 23.2 Å². The Morgan fingerprint density at radius 2 is 1.67 bits per heavy atom. The van der Waals surface area contributed by atoms with Crippen LogP contribution in [0.25, 0.3) is 0 Å². The summed E-state index contributed by atoms with van der Waals surface area (Å²) >= 11 is 3.87. The molecule has 2 aliphatic carbocycles. The van der Waals surface area contributed by atoms with E-state index in [2.05, 4.69) is 36.7 Å². The molecule has 30 heavy (non-hydrogen) atoms. The van der Waals surface area contributed by atoms with Crippen molar-refractivity contribution >= 4 is 33.8 Å². The zero-order valence-electron chi connectivity index (χ0n) is 19.1. The Balaban J connectivity index is 2.45. The van der Waals surface area contributed by atoms with Crippen molar-refractivity contribution in [3.05, 3.63) is 11.8 Å². The zero-order valence-corrected chi connectivity index (χ0v) is 20.7. The van der Waals surface area contributed by atoms with Crippen LogP contribution in [0.2, 0.25) is 0 Å². The average Bonchev–Trinajstić information content (AvgIpc) is 2.56. The molecule has 7 heteroatoms. The van der Waals surface area contributed by atoms with Gasteiger partial charge in [0, 0.05) is 24.6 Å². The van der Waals surface area contributed by atoms with E-state index in [9.17, 15) is 14.4 Å². The molecule has 2 rings (SSSR count). The Morgan fingerprint density at radius 3 is 2.20 bits per heavy atom. The van der Waals surface area contributed by atoms with Crippen molar-refractivity contribution in [1.82, 2.24) is 0 Å². The van der Waals surface area contributed by atoms with Gasteiger partial charge in [-0.2, -0.15) is 0 Å². The maximum atomic E-state index is 12.8. The molecule has 0 radical (unpaired) electrons. The third-order valence-electron chi connectivity index (χ3n) is 6.86. The summed E-state index contributed by atoms with van der Waals surface area (Å²) in [6.07, 6.45) is 4.26. The molecule has 0 N–H and O–H groups in total. The minimum atomic E-state index is -0.724. The van der Waals surface area contributed by atoms with Gasteiger partial charge in [0.2, 0.25) is 0 Å². The highest BCUT2D eigenvalue weighted by atomic mass is 79.9. The van der Waals surface area contributed by atoms with Gasteiger partial charge in [-0.25, -0.2) is 4.79 Å². The molecule has 0 aromatic carbocycles.